The van der Waals surface area contributed by atoms with Crippen molar-refractivity contribution in [1.82, 2.24) is 9.13 Å². The molecule has 1 rings (SSSR count). The number of nitrogens with zero attached hydrogens (tertiary/aromatic N) is 2. The SMILES string of the molecule is CCCn1ccn(CCOCCO)c1=O. The number of aryl methyl sites for hydroxylation is 1. The van der Waals surface area contributed by atoms with Gasteiger partial charge in [-0.1, -0.05) is 6.92 Å². The lowest BCUT2D eigenvalue weighted by molar-refractivity contribution is 0.0865. The van der Waals surface area contributed by atoms with Gasteiger partial charge in [0, 0.05) is 18.9 Å². The summed E-state index contributed by atoms with van der Waals surface area (Å²) in [6.07, 6.45) is 4.50. The van der Waals surface area contributed by atoms with Crippen LogP contribution >= 0.6 is 0 Å². The van der Waals surface area contributed by atoms with E-state index in [9.17, 15) is 4.79 Å². The van der Waals surface area contributed by atoms with Crippen molar-refractivity contribution < 1.29 is 9.84 Å². The Balaban J connectivity index is 2.44. The third-order valence-electron chi connectivity index (χ3n) is 2.09. The molecule has 1 heterocycles. The quantitative estimate of drug-likeness (QED) is 0.653. The van der Waals surface area contributed by atoms with Gasteiger partial charge in [-0.15, -0.1) is 0 Å². The van der Waals surface area contributed by atoms with Crippen LogP contribution in [0.3, 0.4) is 0 Å². The summed E-state index contributed by atoms with van der Waals surface area (Å²) in [4.78, 5) is 11.6. The maximum atomic E-state index is 11.6. The van der Waals surface area contributed by atoms with Crippen LogP contribution in [0.5, 0.6) is 0 Å². The Kier molecular flexibility index (Phi) is 5.14. The lowest BCUT2D eigenvalue weighted by atomic mass is 10.5. The van der Waals surface area contributed by atoms with Gasteiger partial charge in [-0.25, -0.2) is 4.79 Å². The van der Waals surface area contributed by atoms with Crippen LogP contribution in [0.2, 0.25) is 0 Å². The van der Waals surface area contributed by atoms with E-state index in [1.165, 1.54) is 0 Å². The molecule has 5 heteroatoms. The van der Waals surface area contributed by atoms with E-state index in [4.69, 9.17) is 9.84 Å². The van der Waals surface area contributed by atoms with Gasteiger partial charge in [0.1, 0.15) is 0 Å². The highest BCUT2D eigenvalue weighted by Crippen LogP contribution is 1.89. The molecule has 0 unspecified atom stereocenters. The molecule has 0 radical (unpaired) electrons. The van der Waals surface area contributed by atoms with E-state index in [1.54, 1.807) is 21.5 Å². The fourth-order valence-corrected chi connectivity index (χ4v) is 1.36. The summed E-state index contributed by atoms with van der Waals surface area (Å²) in [6, 6.07) is 0. The number of aliphatic hydroxyl groups is 1. The van der Waals surface area contributed by atoms with Crippen LogP contribution in [0.25, 0.3) is 0 Å². The van der Waals surface area contributed by atoms with E-state index in [0.29, 0.717) is 19.8 Å². The normalized spacial score (nSPS) is 10.8. The molecule has 0 aromatic carbocycles. The second-order valence-electron chi connectivity index (χ2n) is 3.30. The van der Waals surface area contributed by atoms with Crippen LogP contribution in [0, 0.1) is 0 Å². The fourth-order valence-electron chi connectivity index (χ4n) is 1.36. The molecule has 0 bridgehead atoms. The number of rotatable bonds is 7. The molecule has 0 amide bonds. The lowest BCUT2D eigenvalue weighted by Gasteiger charge is -2.02. The van der Waals surface area contributed by atoms with Gasteiger partial charge >= 0.3 is 5.69 Å². The van der Waals surface area contributed by atoms with E-state index < -0.39 is 0 Å². The number of imidazole rings is 1. The smallest absolute Gasteiger partial charge is 0.328 e. The van der Waals surface area contributed by atoms with E-state index in [0.717, 1.165) is 13.0 Å². The highest BCUT2D eigenvalue weighted by molar-refractivity contribution is 4.81. The average Bonchev–Trinajstić information content (AvgIpc) is 2.57. The van der Waals surface area contributed by atoms with E-state index in [-0.39, 0.29) is 12.3 Å². The van der Waals surface area contributed by atoms with Gasteiger partial charge in [-0.3, -0.25) is 9.13 Å². The summed E-state index contributed by atoms with van der Waals surface area (Å²) in [7, 11) is 0. The molecule has 1 aromatic rings. The van der Waals surface area contributed by atoms with Gasteiger partial charge in [-0.05, 0) is 6.42 Å². The van der Waals surface area contributed by atoms with Crippen LogP contribution in [-0.2, 0) is 17.8 Å². The molecule has 0 aliphatic heterocycles. The van der Waals surface area contributed by atoms with Gasteiger partial charge < -0.3 is 9.84 Å². The van der Waals surface area contributed by atoms with Crippen LogP contribution in [0.1, 0.15) is 13.3 Å². The van der Waals surface area contributed by atoms with Crippen molar-refractivity contribution in [3.05, 3.63) is 22.9 Å². The largest absolute Gasteiger partial charge is 0.394 e. The molecule has 86 valence electrons. The second-order valence-corrected chi connectivity index (χ2v) is 3.30. The monoisotopic (exact) mass is 214 g/mol. The fraction of sp³-hybridized carbons (Fsp3) is 0.700. The highest BCUT2D eigenvalue weighted by atomic mass is 16.5. The van der Waals surface area contributed by atoms with Crippen molar-refractivity contribution in [1.29, 1.82) is 0 Å². The molecule has 1 aromatic heterocycles. The summed E-state index contributed by atoms with van der Waals surface area (Å²) >= 11 is 0. The minimum atomic E-state index is 0.00412. The van der Waals surface area contributed by atoms with Crippen molar-refractivity contribution in [3.63, 3.8) is 0 Å². The van der Waals surface area contributed by atoms with E-state index in [1.807, 2.05) is 6.92 Å². The molecule has 0 saturated heterocycles. The van der Waals surface area contributed by atoms with Crippen molar-refractivity contribution in [2.75, 3.05) is 19.8 Å². The van der Waals surface area contributed by atoms with Gasteiger partial charge in [0.15, 0.2) is 0 Å². The molecule has 0 spiro atoms. The molecule has 5 nitrogen and oxygen atoms in total. The average molecular weight is 214 g/mol. The Labute approximate surface area is 88.9 Å². The molecule has 0 aliphatic rings. The first-order valence-corrected chi connectivity index (χ1v) is 5.23. The molecular weight excluding hydrogens is 196 g/mol. The first kappa shape index (κ1) is 12.0. The Morgan fingerprint density at radius 3 is 2.53 bits per heavy atom. The first-order chi connectivity index (χ1) is 7.29. The Bertz CT molecular complexity index is 330. The Morgan fingerprint density at radius 2 is 1.93 bits per heavy atom. The number of aliphatic hydroxyl groups excluding tert-OH is 1. The standard InChI is InChI=1S/C10H18N2O3/c1-2-3-11-4-5-12(10(11)14)6-8-15-9-7-13/h4-5,13H,2-3,6-9H2,1H3. The van der Waals surface area contributed by atoms with Crippen molar-refractivity contribution in [2.24, 2.45) is 0 Å². The Morgan fingerprint density at radius 1 is 1.27 bits per heavy atom. The molecule has 15 heavy (non-hydrogen) atoms. The van der Waals surface area contributed by atoms with Crippen LogP contribution in [0.4, 0.5) is 0 Å². The summed E-state index contributed by atoms with van der Waals surface area (Å²) in [5.41, 5.74) is 0.00412. The van der Waals surface area contributed by atoms with E-state index >= 15 is 0 Å². The minimum absolute atomic E-state index is 0.00412. The zero-order valence-electron chi connectivity index (χ0n) is 9.06. The topological polar surface area (TPSA) is 56.4 Å². The number of hydrogen-bond donors (Lipinski definition) is 1. The lowest BCUT2D eigenvalue weighted by Crippen LogP contribution is -2.25. The maximum absolute atomic E-state index is 11.6. The zero-order valence-corrected chi connectivity index (χ0v) is 9.06. The summed E-state index contributed by atoms with van der Waals surface area (Å²) < 4.78 is 8.40. The van der Waals surface area contributed by atoms with Crippen LogP contribution in [0.15, 0.2) is 17.2 Å². The molecule has 1 N–H and O–H groups in total. The summed E-state index contributed by atoms with van der Waals surface area (Å²) in [6.45, 7) is 4.12. The van der Waals surface area contributed by atoms with Gasteiger partial charge in [0.05, 0.1) is 26.4 Å². The summed E-state index contributed by atoms with van der Waals surface area (Å²) in [5, 5.41) is 8.49. The van der Waals surface area contributed by atoms with Gasteiger partial charge in [0.25, 0.3) is 0 Å². The third kappa shape index (κ3) is 3.53. The van der Waals surface area contributed by atoms with Crippen LogP contribution in [-0.4, -0.2) is 34.1 Å². The molecular formula is C10H18N2O3. The molecule has 0 aliphatic carbocycles. The predicted octanol–water partition coefficient (Wildman–Crippen LogP) is 0.0687. The van der Waals surface area contributed by atoms with Gasteiger partial charge in [-0.2, -0.15) is 0 Å². The van der Waals surface area contributed by atoms with Crippen molar-refractivity contribution >= 4 is 0 Å². The van der Waals surface area contributed by atoms with Gasteiger partial charge in [0.2, 0.25) is 0 Å². The summed E-state index contributed by atoms with van der Waals surface area (Å²) in [5.74, 6) is 0. The third-order valence-corrected chi connectivity index (χ3v) is 2.09. The number of hydrogen-bond acceptors (Lipinski definition) is 3. The number of aromatic nitrogens is 2. The second kappa shape index (κ2) is 6.42. The molecule has 0 atom stereocenters. The van der Waals surface area contributed by atoms with Crippen molar-refractivity contribution in [3.8, 4) is 0 Å². The van der Waals surface area contributed by atoms with E-state index in [2.05, 4.69) is 0 Å². The zero-order chi connectivity index (χ0) is 11.1. The molecule has 0 fully saturated rings. The highest BCUT2D eigenvalue weighted by Gasteiger charge is 2.01. The minimum Gasteiger partial charge on any atom is -0.394 e. The van der Waals surface area contributed by atoms with Crippen LogP contribution < -0.4 is 5.69 Å². The maximum Gasteiger partial charge on any atom is 0.328 e. The first-order valence-electron chi connectivity index (χ1n) is 5.23. The number of ether oxygens (including phenoxy) is 1. The predicted molar refractivity (Wildman–Crippen MR) is 56.9 cm³/mol. The van der Waals surface area contributed by atoms with Crippen molar-refractivity contribution in [2.45, 2.75) is 26.4 Å². The molecule has 0 saturated carbocycles. The Hall–Kier alpha value is -1.07.